The van der Waals surface area contributed by atoms with E-state index < -0.39 is 0 Å². The van der Waals surface area contributed by atoms with Gasteiger partial charge in [0.25, 0.3) is 0 Å². The summed E-state index contributed by atoms with van der Waals surface area (Å²) in [4.78, 5) is 18.7. The van der Waals surface area contributed by atoms with Gasteiger partial charge in [0.2, 0.25) is 5.91 Å². The van der Waals surface area contributed by atoms with Crippen LogP contribution in [-0.2, 0) is 10.5 Å². The standard InChI is InChI=1S/C16H23N3OS.2ClH/c20-16(7-10-21-12-15-3-1-2-8-17-15)19-9-6-13-4-5-14(11-19)18-13;;/h1-3,8,13-14,18H,4-7,9-12H2;2*1H. The van der Waals surface area contributed by atoms with Gasteiger partial charge in [-0.1, -0.05) is 6.07 Å². The molecule has 3 rings (SSSR count). The van der Waals surface area contributed by atoms with Crippen LogP contribution in [0, 0.1) is 0 Å². The Morgan fingerprint density at radius 1 is 1.26 bits per heavy atom. The highest BCUT2D eigenvalue weighted by atomic mass is 35.5. The van der Waals surface area contributed by atoms with Gasteiger partial charge in [-0.15, -0.1) is 24.8 Å². The molecule has 130 valence electrons. The Kier molecular flexibility index (Phi) is 9.29. The van der Waals surface area contributed by atoms with Crippen LogP contribution < -0.4 is 5.32 Å². The summed E-state index contributed by atoms with van der Waals surface area (Å²) in [5.74, 6) is 2.09. The van der Waals surface area contributed by atoms with Crippen LogP contribution in [0.4, 0.5) is 0 Å². The van der Waals surface area contributed by atoms with Crippen LogP contribution in [0.15, 0.2) is 24.4 Å². The molecule has 2 bridgehead atoms. The zero-order valence-electron chi connectivity index (χ0n) is 13.1. The fourth-order valence-electron chi connectivity index (χ4n) is 3.15. The van der Waals surface area contributed by atoms with Crippen molar-refractivity contribution in [1.29, 1.82) is 0 Å². The lowest BCUT2D eigenvalue weighted by Crippen LogP contribution is -2.39. The van der Waals surface area contributed by atoms with E-state index in [0.717, 1.165) is 36.7 Å². The molecule has 0 saturated carbocycles. The number of hydrogen-bond acceptors (Lipinski definition) is 4. The van der Waals surface area contributed by atoms with Crippen molar-refractivity contribution in [3.8, 4) is 0 Å². The van der Waals surface area contributed by atoms with Gasteiger partial charge in [0.1, 0.15) is 0 Å². The SMILES string of the molecule is Cl.Cl.O=C(CCSCc1ccccn1)N1CCC2CCC(C1)N2. The highest BCUT2D eigenvalue weighted by Crippen LogP contribution is 2.21. The lowest BCUT2D eigenvalue weighted by molar-refractivity contribution is -0.130. The smallest absolute Gasteiger partial charge is 0.223 e. The summed E-state index contributed by atoms with van der Waals surface area (Å²) < 4.78 is 0. The molecule has 3 heterocycles. The minimum atomic E-state index is 0. The number of aromatic nitrogens is 1. The van der Waals surface area contributed by atoms with Crippen molar-refractivity contribution >= 4 is 42.5 Å². The van der Waals surface area contributed by atoms with E-state index in [1.54, 1.807) is 11.8 Å². The van der Waals surface area contributed by atoms with Gasteiger partial charge in [0.05, 0.1) is 5.69 Å². The van der Waals surface area contributed by atoms with E-state index in [4.69, 9.17) is 0 Å². The largest absolute Gasteiger partial charge is 0.341 e. The number of fused-ring (bicyclic) bond motifs is 2. The number of hydrogen-bond donors (Lipinski definition) is 1. The molecule has 1 amide bonds. The minimum absolute atomic E-state index is 0. The number of rotatable bonds is 5. The van der Waals surface area contributed by atoms with Crippen LogP contribution in [0.25, 0.3) is 0 Å². The molecule has 7 heteroatoms. The number of carbonyl (C=O) groups excluding carboxylic acids is 1. The average molecular weight is 378 g/mol. The fraction of sp³-hybridized carbons (Fsp3) is 0.625. The molecule has 2 aliphatic heterocycles. The monoisotopic (exact) mass is 377 g/mol. The van der Waals surface area contributed by atoms with Crippen molar-refractivity contribution in [3.05, 3.63) is 30.1 Å². The van der Waals surface area contributed by atoms with Crippen LogP contribution in [0.3, 0.4) is 0 Å². The molecule has 0 radical (unpaired) electrons. The van der Waals surface area contributed by atoms with Gasteiger partial charge in [-0.05, 0) is 31.4 Å². The summed E-state index contributed by atoms with van der Waals surface area (Å²) in [7, 11) is 0. The Bertz CT molecular complexity index is 478. The Morgan fingerprint density at radius 3 is 2.87 bits per heavy atom. The van der Waals surface area contributed by atoms with Gasteiger partial charge in [0, 0.05) is 49.3 Å². The first-order valence-corrected chi connectivity index (χ1v) is 8.98. The maximum atomic E-state index is 12.3. The Hall–Kier alpha value is -0.490. The van der Waals surface area contributed by atoms with Gasteiger partial charge < -0.3 is 10.2 Å². The van der Waals surface area contributed by atoms with Gasteiger partial charge in [0.15, 0.2) is 0 Å². The third kappa shape index (κ3) is 6.14. The molecular weight excluding hydrogens is 353 g/mol. The number of halogens is 2. The number of likely N-dealkylation sites (tertiary alicyclic amines) is 1. The van der Waals surface area contributed by atoms with E-state index in [1.807, 2.05) is 24.4 Å². The molecule has 2 saturated heterocycles. The van der Waals surface area contributed by atoms with E-state index in [9.17, 15) is 4.79 Å². The fourth-order valence-corrected chi connectivity index (χ4v) is 3.99. The van der Waals surface area contributed by atoms with Crippen molar-refractivity contribution in [1.82, 2.24) is 15.2 Å². The quantitative estimate of drug-likeness (QED) is 0.801. The molecule has 1 aromatic rings. The summed E-state index contributed by atoms with van der Waals surface area (Å²) in [6.45, 7) is 1.83. The van der Waals surface area contributed by atoms with E-state index in [0.29, 0.717) is 24.4 Å². The summed E-state index contributed by atoms with van der Waals surface area (Å²) in [5, 5.41) is 3.62. The summed E-state index contributed by atoms with van der Waals surface area (Å²) >= 11 is 1.79. The van der Waals surface area contributed by atoms with Gasteiger partial charge in [-0.25, -0.2) is 0 Å². The molecule has 0 aliphatic carbocycles. The number of nitrogens with one attached hydrogen (secondary N) is 1. The van der Waals surface area contributed by atoms with Crippen LogP contribution >= 0.6 is 36.6 Å². The van der Waals surface area contributed by atoms with E-state index >= 15 is 0 Å². The third-order valence-electron chi connectivity index (χ3n) is 4.31. The normalized spacial score (nSPS) is 22.7. The summed E-state index contributed by atoms with van der Waals surface area (Å²) in [6.07, 6.45) is 6.09. The average Bonchev–Trinajstić information content (AvgIpc) is 2.84. The molecule has 2 atom stereocenters. The van der Waals surface area contributed by atoms with Crippen molar-refractivity contribution in [2.45, 2.75) is 43.5 Å². The molecule has 0 aromatic carbocycles. The highest BCUT2D eigenvalue weighted by molar-refractivity contribution is 7.98. The van der Waals surface area contributed by atoms with Gasteiger partial charge >= 0.3 is 0 Å². The minimum Gasteiger partial charge on any atom is -0.341 e. The topological polar surface area (TPSA) is 45.2 Å². The number of thioether (sulfide) groups is 1. The highest BCUT2D eigenvalue weighted by Gasteiger charge is 2.30. The maximum Gasteiger partial charge on any atom is 0.223 e. The van der Waals surface area contributed by atoms with Crippen LogP contribution in [0.1, 0.15) is 31.4 Å². The molecule has 2 aliphatic rings. The number of carbonyl (C=O) groups is 1. The van der Waals surface area contributed by atoms with Crippen LogP contribution in [-0.4, -0.2) is 46.7 Å². The lowest BCUT2D eigenvalue weighted by Gasteiger charge is -2.24. The first-order chi connectivity index (χ1) is 10.3. The van der Waals surface area contributed by atoms with Gasteiger partial charge in [-0.2, -0.15) is 11.8 Å². The molecular formula is C16H25Cl2N3OS. The zero-order valence-corrected chi connectivity index (χ0v) is 15.6. The van der Waals surface area contributed by atoms with E-state index in [-0.39, 0.29) is 24.8 Å². The first-order valence-electron chi connectivity index (χ1n) is 7.83. The van der Waals surface area contributed by atoms with Crippen molar-refractivity contribution in [2.75, 3.05) is 18.8 Å². The van der Waals surface area contributed by atoms with Crippen molar-refractivity contribution < 1.29 is 4.79 Å². The van der Waals surface area contributed by atoms with Crippen LogP contribution in [0.2, 0.25) is 0 Å². The first kappa shape index (κ1) is 20.6. The lowest BCUT2D eigenvalue weighted by atomic mass is 10.1. The number of amides is 1. The van der Waals surface area contributed by atoms with E-state index in [2.05, 4.69) is 15.2 Å². The zero-order chi connectivity index (χ0) is 14.5. The van der Waals surface area contributed by atoms with Crippen molar-refractivity contribution in [2.24, 2.45) is 0 Å². The molecule has 1 N–H and O–H groups in total. The van der Waals surface area contributed by atoms with Crippen LogP contribution in [0.5, 0.6) is 0 Å². The molecule has 0 spiro atoms. The predicted octanol–water partition coefficient (Wildman–Crippen LogP) is 2.90. The predicted molar refractivity (Wildman–Crippen MR) is 101 cm³/mol. The Labute approximate surface area is 155 Å². The third-order valence-corrected chi connectivity index (χ3v) is 5.30. The number of pyridine rings is 1. The van der Waals surface area contributed by atoms with Gasteiger partial charge in [-0.3, -0.25) is 9.78 Å². The second kappa shape index (κ2) is 10.4. The Morgan fingerprint density at radius 2 is 2.09 bits per heavy atom. The van der Waals surface area contributed by atoms with Crippen molar-refractivity contribution in [3.63, 3.8) is 0 Å². The second-order valence-corrected chi connectivity index (χ2v) is 7.00. The molecule has 23 heavy (non-hydrogen) atoms. The maximum absolute atomic E-state index is 12.3. The summed E-state index contributed by atoms with van der Waals surface area (Å²) in [5.41, 5.74) is 1.09. The molecule has 2 fully saturated rings. The number of nitrogens with zero attached hydrogens (tertiary/aromatic N) is 2. The molecule has 1 aromatic heterocycles. The second-order valence-electron chi connectivity index (χ2n) is 5.89. The van der Waals surface area contributed by atoms with E-state index in [1.165, 1.54) is 12.8 Å². The Balaban J connectivity index is 0.00000132. The molecule has 2 unspecified atom stereocenters. The summed E-state index contributed by atoms with van der Waals surface area (Å²) in [6, 6.07) is 7.15. The molecule has 4 nitrogen and oxygen atoms in total.